The first kappa shape index (κ1) is 13.4. The maximum atomic E-state index is 9.59. The molecule has 0 aliphatic heterocycles. The minimum atomic E-state index is -0.614. The first-order chi connectivity index (χ1) is 8.72. The molecule has 3 nitrogen and oxygen atoms in total. The number of nitriles is 1. The second-order valence-corrected chi connectivity index (χ2v) is 5.51. The maximum absolute atomic E-state index is 9.59. The molecule has 2 unspecified atom stereocenters. The largest absolute Gasteiger partial charge is 0.378 e. The molecule has 0 aromatic heterocycles. The molecule has 0 spiro atoms. The summed E-state index contributed by atoms with van der Waals surface area (Å²) < 4.78 is 6.48. The van der Waals surface area contributed by atoms with Gasteiger partial charge in [-0.15, -0.1) is 0 Å². The van der Waals surface area contributed by atoms with Crippen molar-refractivity contribution in [3.8, 4) is 6.07 Å². The Morgan fingerprint density at radius 3 is 2.89 bits per heavy atom. The summed E-state index contributed by atoms with van der Waals surface area (Å²) in [4.78, 5) is 0. The average Bonchev–Trinajstić information content (AvgIpc) is 2.42. The van der Waals surface area contributed by atoms with Gasteiger partial charge in [-0.25, -0.2) is 0 Å². The summed E-state index contributed by atoms with van der Waals surface area (Å²) in [6.45, 7) is 0. The third-order valence-corrected chi connectivity index (χ3v) is 4.24. The third-order valence-electron chi connectivity index (χ3n) is 3.55. The number of hydrogen-bond acceptors (Lipinski definition) is 3. The maximum Gasteiger partial charge on any atom is 0.151 e. The van der Waals surface area contributed by atoms with Gasteiger partial charge in [-0.1, -0.05) is 18.6 Å². The molecular weight excluding hydrogens is 292 g/mol. The molecule has 1 aliphatic rings. The van der Waals surface area contributed by atoms with Crippen LogP contribution in [-0.4, -0.2) is 18.8 Å². The van der Waals surface area contributed by atoms with Crippen LogP contribution in [0.3, 0.4) is 0 Å². The fraction of sp³-hybridized carbons (Fsp3) is 0.500. The summed E-state index contributed by atoms with van der Waals surface area (Å²) >= 11 is 3.51. The zero-order valence-corrected chi connectivity index (χ0v) is 12.0. The Balaban J connectivity index is 2.28. The van der Waals surface area contributed by atoms with Gasteiger partial charge in [-0.2, -0.15) is 5.26 Å². The molecule has 96 valence electrons. The summed E-state index contributed by atoms with van der Waals surface area (Å²) in [5, 5.41) is 13.0. The van der Waals surface area contributed by atoms with Crippen molar-refractivity contribution in [2.75, 3.05) is 12.4 Å². The average molecular weight is 309 g/mol. The Labute approximate surface area is 116 Å². The Morgan fingerprint density at radius 1 is 1.44 bits per heavy atom. The van der Waals surface area contributed by atoms with E-state index in [1.54, 1.807) is 7.11 Å². The molecular formula is C14H17BrN2O. The van der Waals surface area contributed by atoms with Crippen LogP contribution in [0.2, 0.25) is 0 Å². The molecule has 1 fully saturated rings. The van der Waals surface area contributed by atoms with Gasteiger partial charge in [-0.05, 0) is 47.3 Å². The van der Waals surface area contributed by atoms with Crippen molar-refractivity contribution in [1.82, 2.24) is 0 Å². The number of rotatable bonds is 3. The Bertz CT molecular complexity index is 457. The number of methoxy groups -OCH3 is 1. The molecule has 2 rings (SSSR count). The van der Waals surface area contributed by atoms with Crippen LogP contribution in [0.1, 0.15) is 25.7 Å². The number of para-hydroxylation sites is 1. The number of hydrogen-bond donors (Lipinski definition) is 1. The zero-order chi connectivity index (χ0) is 13.0. The molecule has 0 heterocycles. The normalized spacial score (nSPS) is 27.5. The topological polar surface area (TPSA) is 45.0 Å². The monoisotopic (exact) mass is 308 g/mol. The Kier molecular flexibility index (Phi) is 4.26. The van der Waals surface area contributed by atoms with Gasteiger partial charge in [0.05, 0.1) is 12.2 Å². The van der Waals surface area contributed by atoms with Crippen molar-refractivity contribution in [2.24, 2.45) is 0 Å². The molecule has 0 amide bonds. The van der Waals surface area contributed by atoms with E-state index in [4.69, 9.17) is 4.74 Å². The third kappa shape index (κ3) is 2.52. The molecule has 18 heavy (non-hydrogen) atoms. The minimum Gasteiger partial charge on any atom is -0.378 e. The van der Waals surface area contributed by atoms with E-state index in [0.717, 1.165) is 35.8 Å². The molecule has 0 saturated heterocycles. The fourth-order valence-corrected chi connectivity index (χ4v) is 2.95. The van der Waals surface area contributed by atoms with Crippen LogP contribution in [0.4, 0.5) is 5.69 Å². The van der Waals surface area contributed by atoms with E-state index in [1.807, 2.05) is 24.3 Å². The molecule has 1 saturated carbocycles. The summed E-state index contributed by atoms with van der Waals surface area (Å²) in [6.07, 6.45) is 3.89. The second kappa shape index (κ2) is 5.73. The van der Waals surface area contributed by atoms with Gasteiger partial charge >= 0.3 is 0 Å². The van der Waals surface area contributed by atoms with E-state index in [-0.39, 0.29) is 6.10 Å². The molecule has 1 aromatic carbocycles. The van der Waals surface area contributed by atoms with E-state index >= 15 is 0 Å². The lowest BCUT2D eigenvalue weighted by molar-refractivity contribution is 0.0369. The highest BCUT2D eigenvalue weighted by molar-refractivity contribution is 9.10. The van der Waals surface area contributed by atoms with Crippen molar-refractivity contribution in [3.05, 3.63) is 28.7 Å². The van der Waals surface area contributed by atoms with Gasteiger partial charge in [-0.3, -0.25) is 0 Å². The lowest BCUT2D eigenvalue weighted by atomic mass is 9.80. The lowest BCUT2D eigenvalue weighted by Gasteiger charge is -2.39. The number of nitrogens with one attached hydrogen (secondary N) is 1. The standard InChI is InChI=1S/C14H17BrN2O/c1-18-13-8-4-5-9-14(13,10-16)17-12-7-3-2-6-11(12)15/h2-3,6-7,13,17H,4-5,8-9H2,1H3. The molecule has 4 heteroatoms. The highest BCUT2D eigenvalue weighted by Gasteiger charge is 2.41. The number of halogens is 1. The molecule has 1 aliphatic carbocycles. The van der Waals surface area contributed by atoms with Crippen LogP contribution in [0.25, 0.3) is 0 Å². The van der Waals surface area contributed by atoms with Gasteiger partial charge in [0.15, 0.2) is 5.54 Å². The summed E-state index contributed by atoms with van der Waals surface area (Å²) in [5.74, 6) is 0. The van der Waals surface area contributed by atoms with Gasteiger partial charge in [0.1, 0.15) is 0 Å². The van der Waals surface area contributed by atoms with E-state index in [1.165, 1.54) is 0 Å². The van der Waals surface area contributed by atoms with Crippen LogP contribution in [0, 0.1) is 11.3 Å². The Morgan fingerprint density at radius 2 is 2.22 bits per heavy atom. The van der Waals surface area contributed by atoms with Gasteiger partial charge in [0.2, 0.25) is 0 Å². The first-order valence-corrected chi connectivity index (χ1v) is 6.98. The number of ether oxygens (including phenoxy) is 1. The van der Waals surface area contributed by atoms with Gasteiger partial charge in [0, 0.05) is 17.3 Å². The fourth-order valence-electron chi connectivity index (χ4n) is 2.56. The summed E-state index contributed by atoms with van der Waals surface area (Å²) in [6, 6.07) is 10.3. The first-order valence-electron chi connectivity index (χ1n) is 6.18. The van der Waals surface area contributed by atoms with Crippen LogP contribution in [0.5, 0.6) is 0 Å². The zero-order valence-electron chi connectivity index (χ0n) is 10.4. The van der Waals surface area contributed by atoms with Crippen LogP contribution in [0.15, 0.2) is 28.7 Å². The van der Waals surface area contributed by atoms with E-state index in [9.17, 15) is 5.26 Å². The highest BCUT2D eigenvalue weighted by Crippen LogP contribution is 2.35. The smallest absolute Gasteiger partial charge is 0.151 e. The summed E-state index contributed by atoms with van der Waals surface area (Å²) in [7, 11) is 1.68. The van der Waals surface area contributed by atoms with Crippen LogP contribution >= 0.6 is 15.9 Å². The van der Waals surface area contributed by atoms with Crippen molar-refractivity contribution < 1.29 is 4.74 Å². The number of benzene rings is 1. The van der Waals surface area contributed by atoms with Crippen molar-refractivity contribution in [3.63, 3.8) is 0 Å². The van der Waals surface area contributed by atoms with Crippen molar-refractivity contribution in [1.29, 1.82) is 5.26 Å². The second-order valence-electron chi connectivity index (χ2n) is 4.66. The van der Waals surface area contributed by atoms with E-state index < -0.39 is 5.54 Å². The van der Waals surface area contributed by atoms with Crippen LogP contribution in [-0.2, 0) is 4.74 Å². The van der Waals surface area contributed by atoms with E-state index in [2.05, 4.69) is 27.3 Å². The summed E-state index contributed by atoms with van der Waals surface area (Å²) in [5.41, 5.74) is 0.333. The predicted octanol–water partition coefficient (Wildman–Crippen LogP) is 3.71. The SMILES string of the molecule is COC1CCCCC1(C#N)Nc1ccccc1Br. The number of nitrogens with zero attached hydrogens (tertiary/aromatic N) is 1. The lowest BCUT2D eigenvalue weighted by Crippen LogP contribution is -2.51. The van der Waals surface area contributed by atoms with Crippen molar-refractivity contribution >= 4 is 21.6 Å². The number of anilines is 1. The quantitative estimate of drug-likeness (QED) is 0.925. The molecule has 1 aromatic rings. The molecule has 2 atom stereocenters. The highest BCUT2D eigenvalue weighted by atomic mass is 79.9. The van der Waals surface area contributed by atoms with Crippen LogP contribution < -0.4 is 5.32 Å². The molecule has 0 radical (unpaired) electrons. The minimum absolute atomic E-state index is 0.0524. The van der Waals surface area contributed by atoms with Gasteiger partial charge in [0.25, 0.3) is 0 Å². The predicted molar refractivity (Wildman–Crippen MR) is 75.4 cm³/mol. The van der Waals surface area contributed by atoms with Crippen molar-refractivity contribution in [2.45, 2.75) is 37.3 Å². The molecule has 0 bridgehead atoms. The van der Waals surface area contributed by atoms with Gasteiger partial charge < -0.3 is 10.1 Å². The van der Waals surface area contributed by atoms with E-state index in [0.29, 0.717) is 0 Å². The Hall–Kier alpha value is -1.05. The molecule has 1 N–H and O–H groups in total.